The Morgan fingerprint density at radius 1 is 1.28 bits per heavy atom. The standard InChI is InChI=1S/C13H24N2O3/c1-9(12-7-4-8-18-12)14-13(17)15-10-5-2-3-6-11(10)16/h9-12,16H,2-8H2,1H3,(H2,14,15,17). The maximum absolute atomic E-state index is 11.8. The molecule has 1 aliphatic carbocycles. The van der Waals surface area contributed by atoms with Crippen LogP contribution in [0, 0.1) is 0 Å². The van der Waals surface area contributed by atoms with Crippen LogP contribution in [0.25, 0.3) is 0 Å². The largest absolute Gasteiger partial charge is 0.391 e. The fourth-order valence-corrected chi connectivity index (χ4v) is 2.79. The van der Waals surface area contributed by atoms with Crippen LogP contribution in [0.15, 0.2) is 0 Å². The maximum atomic E-state index is 11.8. The van der Waals surface area contributed by atoms with E-state index in [1.807, 2.05) is 6.92 Å². The third-order valence-corrected chi connectivity index (χ3v) is 3.93. The zero-order valence-corrected chi connectivity index (χ0v) is 11.0. The first kappa shape index (κ1) is 13.6. The molecule has 2 aliphatic rings. The predicted molar refractivity (Wildman–Crippen MR) is 68.4 cm³/mol. The van der Waals surface area contributed by atoms with Crippen molar-refractivity contribution in [1.82, 2.24) is 10.6 Å². The van der Waals surface area contributed by atoms with Crippen LogP contribution in [-0.4, -0.2) is 42.0 Å². The van der Waals surface area contributed by atoms with E-state index in [0.29, 0.717) is 0 Å². The normalized spacial score (nSPS) is 34.0. The van der Waals surface area contributed by atoms with Gasteiger partial charge in [-0.3, -0.25) is 0 Å². The lowest BCUT2D eigenvalue weighted by Crippen LogP contribution is -2.52. The average molecular weight is 256 g/mol. The first-order valence-electron chi connectivity index (χ1n) is 7.03. The van der Waals surface area contributed by atoms with Crippen LogP contribution in [0.5, 0.6) is 0 Å². The summed E-state index contributed by atoms with van der Waals surface area (Å²) in [5.74, 6) is 0. The van der Waals surface area contributed by atoms with Gasteiger partial charge in [0.05, 0.1) is 24.3 Å². The molecule has 0 aromatic heterocycles. The Hall–Kier alpha value is -0.810. The van der Waals surface area contributed by atoms with E-state index in [4.69, 9.17) is 4.74 Å². The molecule has 3 N–H and O–H groups in total. The maximum Gasteiger partial charge on any atom is 0.315 e. The van der Waals surface area contributed by atoms with Crippen LogP contribution in [-0.2, 0) is 4.74 Å². The Bertz CT molecular complexity index is 279. The van der Waals surface area contributed by atoms with Crippen molar-refractivity contribution in [1.29, 1.82) is 0 Å². The second-order valence-electron chi connectivity index (χ2n) is 5.42. The zero-order chi connectivity index (χ0) is 13.0. The summed E-state index contributed by atoms with van der Waals surface area (Å²) < 4.78 is 5.53. The second-order valence-corrected chi connectivity index (χ2v) is 5.42. The van der Waals surface area contributed by atoms with E-state index < -0.39 is 6.10 Å². The Morgan fingerprint density at radius 3 is 2.72 bits per heavy atom. The van der Waals surface area contributed by atoms with E-state index in [2.05, 4.69) is 10.6 Å². The van der Waals surface area contributed by atoms with Gasteiger partial charge in [0, 0.05) is 6.61 Å². The molecule has 0 spiro atoms. The van der Waals surface area contributed by atoms with Crippen molar-refractivity contribution in [3.8, 4) is 0 Å². The monoisotopic (exact) mass is 256 g/mol. The summed E-state index contributed by atoms with van der Waals surface area (Å²) in [6.45, 7) is 2.76. The summed E-state index contributed by atoms with van der Waals surface area (Å²) in [5, 5.41) is 15.6. The molecule has 18 heavy (non-hydrogen) atoms. The van der Waals surface area contributed by atoms with Gasteiger partial charge >= 0.3 is 6.03 Å². The summed E-state index contributed by atoms with van der Waals surface area (Å²) >= 11 is 0. The molecule has 104 valence electrons. The molecule has 2 amide bonds. The van der Waals surface area contributed by atoms with Crippen LogP contribution in [0.3, 0.4) is 0 Å². The highest BCUT2D eigenvalue weighted by Crippen LogP contribution is 2.18. The van der Waals surface area contributed by atoms with Crippen molar-refractivity contribution in [3.05, 3.63) is 0 Å². The summed E-state index contributed by atoms with van der Waals surface area (Å²) in [4.78, 5) is 11.8. The Kier molecular flexibility index (Phi) is 4.83. The third-order valence-electron chi connectivity index (χ3n) is 3.93. The number of hydrogen-bond donors (Lipinski definition) is 3. The molecule has 2 rings (SSSR count). The number of rotatable bonds is 3. The first-order valence-corrected chi connectivity index (χ1v) is 7.03. The summed E-state index contributed by atoms with van der Waals surface area (Å²) in [6, 6.07) is -0.271. The molecule has 2 fully saturated rings. The molecule has 0 aromatic carbocycles. The highest BCUT2D eigenvalue weighted by atomic mass is 16.5. The predicted octanol–water partition coefficient (Wildman–Crippen LogP) is 1.16. The molecule has 4 atom stereocenters. The lowest BCUT2D eigenvalue weighted by molar-refractivity contribution is 0.0808. The summed E-state index contributed by atoms with van der Waals surface area (Å²) in [6.07, 6.45) is 5.58. The Morgan fingerprint density at radius 2 is 2.06 bits per heavy atom. The fourth-order valence-electron chi connectivity index (χ4n) is 2.79. The highest BCUT2D eigenvalue weighted by molar-refractivity contribution is 5.74. The van der Waals surface area contributed by atoms with Gasteiger partial charge in [-0.05, 0) is 32.6 Å². The van der Waals surface area contributed by atoms with Crippen LogP contribution >= 0.6 is 0 Å². The third kappa shape index (κ3) is 3.59. The number of nitrogens with one attached hydrogen (secondary N) is 2. The number of ether oxygens (including phenoxy) is 1. The van der Waals surface area contributed by atoms with Crippen LogP contribution in [0.2, 0.25) is 0 Å². The topological polar surface area (TPSA) is 70.6 Å². The molecule has 0 bridgehead atoms. The van der Waals surface area contributed by atoms with Crippen molar-refractivity contribution >= 4 is 6.03 Å². The van der Waals surface area contributed by atoms with Gasteiger partial charge in [-0.25, -0.2) is 4.79 Å². The highest BCUT2D eigenvalue weighted by Gasteiger charge is 2.27. The van der Waals surface area contributed by atoms with E-state index >= 15 is 0 Å². The van der Waals surface area contributed by atoms with Gasteiger partial charge in [0.2, 0.25) is 0 Å². The number of aliphatic hydroxyl groups is 1. The number of carbonyl (C=O) groups is 1. The van der Waals surface area contributed by atoms with E-state index in [1.54, 1.807) is 0 Å². The Balaban J connectivity index is 1.73. The SMILES string of the molecule is CC(NC(=O)NC1CCCCC1O)C1CCCO1. The zero-order valence-electron chi connectivity index (χ0n) is 11.0. The Labute approximate surface area is 108 Å². The average Bonchev–Trinajstić information content (AvgIpc) is 2.85. The van der Waals surface area contributed by atoms with E-state index in [0.717, 1.165) is 45.1 Å². The molecule has 0 aromatic rings. The summed E-state index contributed by atoms with van der Waals surface area (Å²) in [7, 11) is 0. The molecule has 1 heterocycles. The molecule has 5 heteroatoms. The van der Waals surface area contributed by atoms with E-state index in [-0.39, 0.29) is 24.2 Å². The second kappa shape index (κ2) is 6.38. The van der Waals surface area contributed by atoms with Crippen molar-refractivity contribution in [2.75, 3.05) is 6.61 Å². The van der Waals surface area contributed by atoms with Crippen molar-refractivity contribution in [3.63, 3.8) is 0 Å². The number of carbonyl (C=O) groups excluding carboxylic acids is 1. The van der Waals surface area contributed by atoms with Crippen molar-refractivity contribution < 1.29 is 14.6 Å². The van der Waals surface area contributed by atoms with Crippen molar-refractivity contribution in [2.45, 2.75) is 69.7 Å². The molecular weight excluding hydrogens is 232 g/mol. The van der Waals surface area contributed by atoms with Crippen LogP contribution in [0.1, 0.15) is 45.4 Å². The quantitative estimate of drug-likeness (QED) is 0.709. The van der Waals surface area contributed by atoms with E-state index in [9.17, 15) is 9.90 Å². The van der Waals surface area contributed by atoms with Gasteiger partial charge in [0.1, 0.15) is 0 Å². The van der Waals surface area contributed by atoms with Gasteiger partial charge in [-0.15, -0.1) is 0 Å². The summed E-state index contributed by atoms with van der Waals surface area (Å²) in [5.41, 5.74) is 0. The number of aliphatic hydroxyl groups excluding tert-OH is 1. The van der Waals surface area contributed by atoms with Crippen LogP contribution < -0.4 is 10.6 Å². The molecule has 5 nitrogen and oxygen atoms in total. The minimum Gasteiger partial charge on any atom is -0.391 e. The smallest absolute Gasteiger partial charge is 0.315 e. The van der Waals surface area contributed by atoms with Crippen molar-refractivity contribution in [2.24, 2.45) is 0 Å². The van der Waals surface area contributed by atoms with Gasteiger partial charge in [-0.1, -0.05) is 12.8 Å². The minimum atomic E-state index is -0.400. The first-order chi connectivity index (χ1) is 8.66. The minimum absolute atomic E-state index is 0.0215. The van der Waals surface area contributed by atoms with Gasteiger partial charge < -0.3 is 20.5 Å². The number of amides is 2. The molecule has 0 radical (unpaired) electrons. The molecule has 4 unspecified atom stereocenters. The molecule has 1 saturated heterocycles. The van der Waals surface area contributed by atoms with E-state index in [1.165, 1.54) is 0 Å². The molecule has 1 saturated carbocycles. The van der Waals surface area contributed by atoms with Crippen LogP contribution in [0.4, 0.5) is 4.79 Å². The van der Waals surface area contributed by atoms with Gasteiger partial charge in [0.25, 0.3) is 0 Å². The number of urea groups is 1. The molecular formula is C13H24N2O3. The van der Waals surface area contributed by atoms with Gasteiger partial charge in [0.15, 0.2) is 0 Å². The fraction of sp³-hybridized carbons (Fsp3) is 0.923. The lowest BCUT2D eigenvalue weighted by atomic mass is 9.93. The molecule has 1 aliphatic heterocycles. The lowest BCUT2D eigenvalue weighted by Gasteiger charge is -2.29. The number of hydrogen-bond acceptors (Lipinski definition) is 3. The van der Waals surface area contributed by atoms with Gasteiger partial charge in [-0.2, -0.15) is 0 Å².